The molecule has 0 fully saturated rings. The van der Waals surface area contributed by atoms with Crippen molar-refractivity contribution >= 4 is 29.2 Å². The number of ether oxygens (including phenoxy) is 1. The first-order valence-corrected chi connectivity index (χ1v) is 7.33. The van der Waals surface area contributed by atoms with Gasteiger partial charge in [0.05, 0.1) is 28.0 Å². The lowest BCUT2D eigenvalue weighted by Crippen LogP contribution is -2.05. The van der Waals surface area contributed by atoms with Crippen LogP contribution in [-0.4, -0.2) is 17.2 Å². The number of rotatable bonds is 6. The molecule has 0 atom stereocenters. The standard InChI is InChI=1S/C16H16ClN3O3/c1-11(2)23-16-7-6-12(8-15(16)17)10-18-19-13-4-3-5-14(9-13)20(21)22/h3-11,19H,1-2H3. The Kier molecular flexibility index (Phi) is 5.54. The lowest BCUT2D eigenvalue weighted by atomic mass is 10.2. The zero-order valence-electron chi connectivity index (χ0n) is 12.7. The van der Waals surface area contributed by atoms with Crippen LogP contribution in [0.1, 0.15) is 19.4 Å². The van der Waals surface area contributed by atoms with Gasteiger partial charge in [-0.25, -0.2) is 0 Å². The fourth-order valence-corrected chi connectivity index (χ4v) is 2.05. The lowest BCUT2D eigenvalue weighted by Gasteiger charge is -2.11. The number of anilines is 1. The number of nitrogens with one attached hydrogen (secondary N) is 1. The predicted octanol–water partition coefficient (Wildman–Crippen LogP) is 4.48. The van der Waals surface area contributed by atoms with Crippen molar-refractivity contribution in [2.75, 3.05) is 5.43 Å². The Morgan fingerprint density at radius 2 is 2.09 bits per heavy atom. The molecule has 0 saturated heterocycles. The second-order valence-electron chi connectivity index (χ2n) is 5.03. The van der Waals surface area contributed by atoms with Gasteiger partial charge >= 0.3 is 0 Å². The van der Waals surface area contributed by atoms with E-state index in [9.17, 15) is 10.1 Å². The fraction of sp³-hybridized carbons (Fsp3) is 0.188. The highest BCUT2D eigenvalue weighted by Gasteiger charge is 2.05. The minimum absolute atomic E-state index is 0.00318. The van der Waals surface area contributed by atoms with Gasteiger partial charge < -0.3 is 4.74 Å². The van der Waals surface area contributed by atoms with Crippen LogP contribution >= 0.6 is 11.6 Å². The number of hydrogen-bond acceptors (Lipinski definition) is 5. The van der Waals surface area contributed by atoms with Crippen LogP contribution in [0.25, 0.3) is 0 Å². The Labute approximate surface area is 138 Å². The largest absolute Gasteiger partial charge is 0.489 e. The average Bonchev–Trinajstić information content (AvgIpc) is 2.50. The van der Waals surface area contributed by atoms with Crippen LogP contribution in [0.5, 0.6) is 5.75 Å². The van der Waals surface area contributed by atoms with Crippen molar-refractivity contribution in [3.05, 3.63) is 63.2 Å². The molecule has 0 spiro atoms. The van der Waals surface area contributed by atoms with Crippen LogP contribution in [-0.2, 0) is 0 Å². The van der Waals surface area contributed by atoms with Crippen molar-refractivity contribution < 1.29 is 9.66 Å². The molecule has 23 heavy (non-hydrogen) atoms. The first kappa shape index (κ1) is 16.8. The third kappa shape index (κ3) is 4.96. The van der Waals surface area contributed by atoms with E-state index in [1.54, 1.807) is 30.5 Å². The Hall–Kier alpha value is -2.60. The van der Waals surface area contributed by atoms with Crippen molar-refractivity contribution in [3.63, 3.8) is 0 Å². The van der Waals surface area contributed by atoms with E-state index < -0.39 is 4.92 Å². The molecule has 0 unspecified atom stereocenters. The molecule has 0 aromatic heterocycles. The number of nitrogens with zero attached hydrogens (tertiary/aromatic N) is 2. The summed E-state index contributed by atoms with van der Waals surface area (Å²) in [6.07, 6.45) is 1.62. The number of halogens is 1. The summed E-state index contributed by atoms with van der Waals surface area (Å²) in [6.45, 7) is 3.85. The molecule has 0 amide bonds. The predicted molar refractivity (Wildman–Crippen MR) is 91.5 cm³/mol. The first-order valence-electron chi connectivity index (χ1n) is 6.95. The van der Waals surface area contributed by atoms with E-state index in [1.807, 2.05) is 19.9 Å². The normalized spacial score (nSPS) is 11.0. The first-order chi connectivity index (χ1) is 11.0. The zero-order valence-corrected chi connectivity index (χ0v) is 13.4. The van der Waals surface area contributed by atoms with Crippen molar-refractivity contribution in [2.45, 2.75) is 20.0 Å². The van der Waals surface area contributed by atoms with Crippen LogP contribution in [0.3, 0.4) is 0 Å². The van der Waals surface area contributed by atoms with Crippen molar-refractivity contribution in [2.24, 2.45) is 5.10 Å². The smallest absolute Gasteiger partial charge is 0.271 e. The summed E-state index contributed by atoms with van der Waals surface area (Å²) in [4.78, 5) is 10.3. The number of nitro benzene ring substituents is 1. The summed E-state index contributed by atoms with van der Waals surface area (Å²) >= 11 is 6.14. The van der Waals surface area contributed by atoms with Crippen LogP contribution < -0.4 is 10.2 Å². The highest BCUT2D eigenvalue weighted by molar-refractivity contribution is 6.32. The third-order valence-corrected chi connectivity index (χ3v) is 3.08. The number of hydrogen-bond donors (Lipinski definition) is 1. The molecule has 2 aromatic rings. The van der Waals surface area contributed by atoms with Gasteiger partial charge in [0.2, 0.25) is 0 Å². The number of hydrazone groups is 1. The Balaban J connectivity index is 2.04. The van der Waals surface area contributed by atoms with E-state index in [0.29, 0.717) is 16.5 Å². The van der Waals surface area contributed by atoms with Crippen molar-refractivity contribution in [1.29, 1.82) is 0 Å². The summed E-state index contributed by atoms with van der Waals surface area (Å²) in [5, 5.41) is 15.3. The van der Waals surface area contributed by atoms with Gasteiger partial charge in [-0.15, -0.1) is 0 Å². The second-order valence-corrected chi connectivity index (χ2v) is 5.44. The van der Waals surface area contributed by atoms with Crippen LogP contribution in [0.2, 0.25) is 5.02 Å². The van der Waals surface area contributed by atoms with Crippen LogP contribution in [0.4, 0.5) is 11.4 Å². The summed E-state index contributed by atoms with van der Waals surface area (Å²) in [6, 6.07) is 11.4. The molecule has 2 aromatic carbocycles. The molecular formula is C16H16ClN3O3. The summed E-state index contributed by atoms with van der Waals surface area (Å²) in [7, 11) is 0. The number of benzene rings is 2. The summed E-state index contributed by atoms with van der Waals surface area (Å²) in [5.41, 5.74) is 4.06. The van der Waals surface area contributed by atoms with Crippen LogP contribution in [0, 0.1) is 10.1 Å². The highest BCUT2D eigenvalue weighted by Crippen LogP contribution is 2.26. The van der Waals surface area contributed by atoms with Gasteiger partial charge in [0.15, 0.2) is 0 Å². The van der Waals surface area contributed by atoms with Gasteiger partial charge in [-0.05, 0) is 43.7 Å². The molecule has 0 radical (unpaired) electrons. The Morgan fingerprint density at radius 1 is 1.30 bits per heavy atom. The van der Waals surface area contributed by atoms with E-state index in [2.05, 4.69) is 10.5 Å². The molecule has 0 aliphatic carbocycles. The number of nitro groups is 1. The van der Waals surface area contributed by atoms with Gasteiger partial charge in [0, 0.05) is 12.1 Å². The molecule has 6 nitrogen and oxygen atoms in total. The molecule has 120 valence electrons. The lowest BCUT2D eigenvalue weighted by molar-refractivity contribution is -0.384. The SMILES string of the molecule is CC(C)Oc1ccc(C=NNc2cccc([N+](=O)[O-])c2)cc1Cl. The zero-order chi connectivity index (χ0) is 16.8. The van der Waals surface area contributed by atoms with E-state index >= 15 is 0 Å². The topological polar surface area (TPSA) is 76.8 Å². The van der Waals surface area contributed by atoms with E-state index in [0.717, 1.165) is 5.56 Å². The molecule has 2 rings (SSSR count). The monoisotopic (exact) mass is 333 g/mol. The van der Waals surface area contributed by atoms with Gasteiger partial charge in [0.25, 0.3) is 5.69 Å². The summed E-state index contributed by atoms with van der Waals surface area (Å²) < 4.78 is 5.55. The average molecular weight is 334 g/mol. The molecular weight excluding hydrogens is 318 g/mol. The second kappa shape index (κ2) is 7.60. The highest BCUT2D eigenvalue weighted by atomic mass is 35.5. The molecule has 0 aliphatic rings. The third-order valence-electron chi connectivity index (χ3n) is 2.78. The van der Waals surface area contributed by atoms with Gasteiger partial charge in [-0.1, -0.05) is 17.7 Å². The molecule has 1 N–H and O–H groups in total. The molecule has 0 saturated carbocycles. The molecule has 0 aliphatic heterocycles. The van der Waals surface area contributed by atoms with Crippen LogP contribution in [0.15, 0.2) is 47.6 Å². The number of non-ortho nitro benzene ring substituents is 1. The maximum absolute atomic E-state index is 10.7. The fourth-order valence-electron chi connectivity index (χ4n) is 1.82. The van der Waals surface area contributed by atoms with Gasteiger partial charge in [-0.3, -0.25) is 15.5 Å². The minimum atomic E-state index is -0.456. The maximum Gasteiger partial charge on any atom is 0.271 e. The molecule has 7 heteroatoms. The Morgan fingerprint density at radius 3 is 2.74 bits per heavy atom. The molecule has 0 heterocycles. The van der Waals surface area contributed by atoms with E-state index in [1.165, 1.54) is 12.1 Å². The van der Waals surface area contributed by atoms with Gasteiger partial charge in [-0.2, -0.15) is 5.10 Å². The molecule has 0 bridgehead atoms. The maximum atomic E-state index is 10.7. The van der Waals surface area contributed by atoms with Crippen molar-refractivity contribution in [1.82, 2.24) is 0 Å². The van der Waals surface area contributed by atoms with E-state index in [4.69, 9.17) is 16.3 Å². The van der Waals surface area contributed by atoms with Crippen molar-refractivity contribution in [3.8, 4) is 5.75 Å². The quantitative estimate of drug-likeness (QED) is 0.480. The summed E-state index contributed by atoms with van der Waals surface area (Å²) in [5.74, 6) is 0.616. The van der Waals surface area contributed by atoms with E-state index in [-0.39, 0.29) is 11.8 Å². The minimum Gasteiger partial charge on any atom is -0.489 e. The Bertz CT molecular complexity index is 732. The van der Waals surface area contributed by atoms with Gasteiger partial charge in [0.1, 0.15) is 5.75 Å².